The Labute approximate surface area is 808 Å². The van der Waals surface area contributed by atoms with E-state index in [0.29, 0.717) is 0 Å². The van der Waals surface area contributed by atoms with Gasteiger partial charge in [-0.1, -0.05) is 374 Å². The van der Waals surface area contributed by atoms with Crippen LogP contribution in [0.4, 0.5) is 0 Å². The highest BCUT2D eigenvalue weighted by molar-refractivity contribution is 6.20. The van der Waals surface area contributed by atoms with Gasteiger partial charge in [-0.25, -0.2) is 0 Å². The molecule has 6 aliphatic rings. The number of rotatable bonds is 0. The number of aryl methyl sites for hydroxylation is 6. The van der Waals surface area contributed by atoms with E-state index in [4.69, 9.17) is 0 Å². The quantitative estimate of drug-likeness (QED) is 0.145. The molecule has 0 saturated carbocycles. The number of aromatic nitrogens is 6. The minimum Gasteiger partial charge on any atom is -0.344 e. The summed E-state index contributed by atoms with van der Waals surface area (Å²) in [5, 5.41) is 16.4. The van der Waals surface area contributed by atoms with Crippen molar-refractivity contribution in [2.45, 2.75) is 116 Å². The molecule has 0 spiro atoms. The standard InChI is InChI=1S/6C22H19N/c1-22(2)17-10-6-4-9-16(17)20-18(22)13-12-15-14-8-5-7-11-19(14)23(3)21(15)20;1-22(2)18-10-6-4-8-14(18)16-13-21-17(12-19(16)22)15-9-5-7-11-20(15)23(21)3;1-22(2)18-10-6-4-8-14(18)16-12-17-15-9-5-7-11-20(15)23(3)21(17)13-19(16)22;1-22(2)17-10-6-4-8-14(17)15-12-13-19-20(21(15)22)16-9-5-7-11-18(16)23(19)3;1-22(2)18-10-6-4-8-14(18)16-12-13-17-15-9-5-7-11-19(15)23(3)21(17)20(16)22;1-22(2)16-10-6-4-8-14(16)20-17(22)12-13-19-21(20)15-9-5-7-11-18(15)23(19)3/h6*4-13H,1-3H3. The molecule has 0 amide bonds. The number of hydrogen-bond donors (Lipinski definition) is 0. The first-order valence-electron chi connectivity index (χ1n) is 49.2. The first kappa shape index (κ1) is 84.5. The fourth-order valence-electron chi connectivity index (χ4n) is 26.7. The molecule has 0 bridgehead atoms. The van der Waals surface area contributed by atoms with Crippen LogP contribution in [0.5, 0.6) is 0 Å². The lowest BCUT2D eigenvalue weighted by Crippen LogP contribution is -2.16. The Balaban J connectivity index is 0.0000000878. The Bertz CT molecular complexity index is 9280. The van der Waals surface area contributed by atoms with Crippen LogP contribution in [-0.4, -0.2) is 27.4 Å². The number of para-hydroxylation sites is 6. The molecular formula is C132H114N6. The van der Waals surface area contributed by atoms with Crippen molar-refractivity contribution < 1.29 is 0 Å². The highest BCUT2D eigenvalue weighted by Gasteiger charge is 2.44. The second kappa shape index (κ2) is 30.1. The summed E-state index contributed by atoms with van der Waals surface area (Å²) in [5.74, 6) is 0. The molecule has 0 N–H and O–H groups in total. The van der Waals surface area contributed by atoms with Crippen LogP contribution in [0.25, 0.3) is 198 Å². The zero-order valence-electron chi connectivity index (χ0n) is 82.3. The van der Waals surface area contributed by atoms with Crippen molar-refractivity contribution in [2.75, 3.05) is 0 Å². The Morgan fingerprint density at radius 3 is 0.920 bits per heavy atom. The van der Waals surface area contributed by atoms with Gasteiger partial charge in [-0.15, -0.1) is 0 Å². The summed E-state index contributed by atoms with van der Waals surface area (Å²) in [5.41, 5.74) is 50.3. The van der Waals surface area contributed by atoms with Crippen molar-refractivity contribution in [3.05, 3.63) is 431 Å². The van der Waals surface area contributed by atoms with Crippen LogP contribution in [0.1, 0.15) is 150 Å². The van der Waals surface area contributed by atoms with Crippen molar-refractivity contribution in [1.82, 2.24) is 27.4 Å². The Kier molecular flexibility index (Phi) is 18.4. The van der Waals surface area contributed by atoms with Gasteiger partial charge in [0.25, 0.3) is 0 Å². The first-order chi connectivity index (χ1) is 66.6. The third kappa shape index (κ3) is 11.7. The lowest BCUT2D eigenvalue weighted by Gasteiger charge is -2.23. The maximum absolute atomic E-state index is 2.42. The van der Waals surface area contributed by atoms with Gasteiger partial charge in [0.1, 0.15) is 0 Å². The average Bonchev–Trinajstić information content (AvgIpc) is 1.44. The van der Waals surface area contributed by atoms with Crippen molar-refractivity contribution in [2.24, 2.45) is 42.3 Å². The van der Waals surface area contributed by atoms with E-state index in [1.54, 1.807) is 0 Å². The molecule has 6 heteroatoms. The summed E-state index contributed by atoms with van der Waals surface area (Å²) in [7, 11) is 13.1. The summed E-state index contributed by atoms with van der Waals surface area (Å²) in [6.45, 7) is 28.2. The van der Waals surface area contributed by atoms with Crippen LogP contribution in [0.2, 0.25) is 0 Å². The van der Waals surface area contributed by atoms with Crippen molar-refractivity contribution in [3.8, 4) is 66.8 Å². The molecule has 18 aromatic carbocycles. The molecule has 0 fully saturated rings. The molecule has 24 aromatic rings. The van der Waals surface area contributed by atoms with Gasteiger partial charge in [-0.2, -0.15) is 0 Å². The Morgan fingerprint density at radius 1 is 0.145 bits per heavy atom. The van der Waals surface area contributed by atoms with Crippen molar-refractivity contribution >= 4 is 131 Å². The summed E-state index contributed by atoms with van der Waals surface area (Å²) >= 11 is 0. The zero-order valence-corrected chi connectivity index (χ0v) is 82.3. The van der Waals surface area contributed by atoms with Crippen LogP contribution < -0.4 is 0 Å². The smallest absolute Gasteiger partial charge is 0.0571 e. The predicted molar refractivity (Wildman–Crippen MR) is 588 cm³/mol. The van der Waals surface area contributed by atoms with Crippen LogP contribution in [-0.2, 0) is 74.8 Å². The molecule has 0 saturated heterocycles. The molecule has 138 heavy (non-hydrogen) atoms. The SMILES string of the molecule is Cn1c2ccccc2c2c3c(ccc21)-c1ccccc1C3(C)C.Cn1c2ccccc2c2c3c(ccc21)C(C)(C)c1ccccc1-3.Cn1c2ccccc2c2cc3c(cc21)-c1ccccc1C3(C)C.Cn1c2ccccc2c2cc3c(cc21)C(C)(C)c1ccccc1-3.Cn1c2ccccc2c2ccc3c(c21)-c1ccccc1C3(C)C.Cn1c2ccccc2c2ccc3c(c21)C(C)(C)c1ccccc1-3. The van der Waals surface area contributed by atoms with Gasteiger partial charge in [0.2, 0.25) is 0 Å². The lowest BCUT2D eigenvalue weighted by molar-refractivity contribution is 0.660. The fraction of sp³-hybridized carbons (Fsp3) is 0.182. The van der Waals surface area contributed by atoms with Gasteiger partial charge in [0.15, 0.2) is 0 Å². The maximum Gasteiger partial charge on any atom is 0.0571 e. The summed E-state index contributed by atoms with van der Waals surface area (Å²) in [4.78, 5) is 0. The first-order valence-corrected chi connectivity index (χ1v) is 49.2. The molecule has 6 aromatic heterocycles. The van der Waals surface area contributed by atoms with Gasteiger partial charge < -0.3 is 27.4 Å². The largest absolute Gasteiger partial charge is 0.344 e. The van der Waals surface area contributed by atoms with Gasteiger partial charge in [-0.05, 0) is 201 Å². The van der Waals surface area contributed by atoms with E-state index in [2.05, 4.69) is 517 Å². The van der Waals surface area contributed by atoms with E-state index in [-0.39, 0.29) is 32.5 Å². The predicted octanol–water partition coefficient (Wildman–Crippen LogP) is 33.8. The highest BCUT2D eigenvalue weighted by atomic mass is 15.0. The van der Waals surface area contributed by atoms with Gasteiger partial charge in [0.05, 0.1) is 11.0 Å². The van der Waals surface area contributed by atoms with Crippen LogP contribution in [0, 0.1) is 0 Å². The van der Waals surface area contributed by atoms with E-state index >= 15 is 0 Å². The second-order valence-corrected chi connectivity index (χ2v) is 42.8. The van der Waals surface area contributed by atoms with Crippen molar-refractivity contribution in [3.63, 3.8) is 0 Å². The Morgan fingerprint density at radius 2 is 0.428 bits per heavy atom. The molecule has 6 heterocycles. The van der Waals surface area contributed by atoms with E-state index < -0.39 is 0 Å². The third-order valence-electron chi connectivity index (χ3n) is 33.6. The third-order valence-corrected chi connectivity index (χ3v) is 33.6. The van der Waals surface area contributed by atoms with E-state index in [1.165, 1.54) is 264 Å². The molecule has 30 rings (SSSR count). The number of nitrogens with zero attached hydrogens (tertiary/aromatic N) is 6. The van der Waals surface area contributed by atoms with E-state index in [0.717, 1.165) is 0 Å². The summed E-state index contributed by atoms with van der Waals surface area (Å²) in [6.07, 6.45) is 0. The number of fused-ring (bicyclic) bond motifs is 40. The second-order valence-electron chi connectivity index (χ2n) is 42.8. The Hall–Kier alpha value is -15.2. The molecule has 0 aliphatic heterocycles. The maximum atomic E-state index is 2.42. The summed E-state index contributed by atoms with van der Waals surface area (Å²) < 4.78 is 14.0. The van der Waals surface area contributed by atoms with Gasteiger partial charge >= 0.3 is 0 Å². The molecule has 0 atom stereocenters. The van der Waals surface area contributed by atoms with Gasteiger partial charge in [0, 0.05) is 200 Å². The average molecular weight is 1780 g/mol. The minimum absolute atomic E-state index is 0.0353. The van der Waals surface area contributed by atoms with Crippen LogP contribution >= 0.6 is 0 Å². The molecule has 6 aliphatic carbocycles. The molecule has 6 nitrogen and oxygen atoms in total. The van der Waals surface area contributed by atoms with Crippen molar-refractivity contribution in [1.29, 1.82) is 0 Å². The molecule has 0 radical (unpaired) electrons. The fourth-order valence-corrected chi connectivity index (χ4v) is 26.7. The van der Waals surface area contributed by atoms with Gasteiger partial charge in [-0.3, -0.25) is 0 Å². The van der Waals surface area contributed by atoms with E-state index in [9.17, 15) is 0 Å². The topological polar surface area (TPSA) is 29.6 Å². The minimum atomic E-state index is 0.0353. The monoisotopic (exact) mass is 1780 g/mol. The van der Waals surface area contributed by atoms with Crippen LogP contribution in [0.15, 0.2) is 364 Å². The normalized spacial score (nSPS) is 15.1. The summed E-state index contributed by atoms with van der Waals surface area (Å²) in [6, 6.07) is 134. The highest BCUT2D eigenvalue weighted by Crippen LogP contribution is 2.60. The number of benzene rings is 18. The molecule has 0 unspecified atom stereocenters. The number of hydrogen-bond acceptors (Lipinski definition) is 0. The lowest BCUT2D eigenvalue weighted by atomic mass is 9.80. The zero-order chi connectivity index (χ0) is 94.6. The molecule has 672 valence electrons. The van der Waals surface area contributed by atoms with E-state index in [1.807, 2.05) is 0 Å². The molecular weight excluding hydrogens is 1670 g/mol. The van der Waals surface area contributed by atoms with Crippen LogP contribution in [0.3, 0.4) is 0 Å².